The maximum atomic E-state index is 12.7. The molecule has 2 N–H and O–H groups in total. The van der Waals surface area contributed by atoms with Crippen LogP contribution in [0.25, 0.3) is 11.3 Å². The van der Waals surface area contributed by atoms with E-state index in [0.29, 0.717) is 23.5 Å². The first kappa shape index (κ1) is 18.4. The first-order valence-electron chi connectivity index (χ1n) is 9.13. The molecule has 0 atom stereocenters. The van der Waals surface area contributed by atoms with Crippen LogP contribution in [0.15, 0.2) is 77.9 Å². The molecule has 2 aromatic heterocycles. The summed E-state index contributed by atoms with van der Waals surface area (Å²) < 4.78 is 1.73. The van der Waals surface area contributed by atoms with Gasteiger partial charge in [-0.25, -0.2) is 5.10 Å². The van der Waals surface area contributed by atoms with Crippen LogP contribution in [-0.4, -0.2) is 25.9 Å². The fourth-order valence-electron chi connectivity index (χ4n) is 2.95. The van der Waals surface area contributed by atoms with E-state index in [2.05, 4.69) is 20.6 Å². The van der Waals surface area contributed by atoms with Crippen molar-refractivity contribution in [3.63, 3.8) is 0 Å². The largest absolute Gasteiger partial charge is 0.322 e. The molecule has 2 aromatic carbocycles. The molecule has 4 aromatic rings. The van der Waals surface area contributed by atoms with Crippen LogP contribution in [0.2, 0.25) is 0 Å². The molecule has 2 heterocycles. The lowest BCUT2D eigenvalue weighted by molar-refractivity contribution is 0.102. The van der Waals surface area contributed by atoms with Crippen molar-refractivity contribution in [3.05, 3.63) is 100 Å². The van der Waals surface area contributed by atoms with Crippen LogP contribution in [0.1, 0.15) is 21.5 Å². The number of aromatic nitrogens is 4. The first-order chi connectivity index (χ1) is 14.1. The molecule has 0 aliphatic carbocycles. The molecule has 7 nitrogen and oxygen atoms in total. The Morgan fingerprint density at radius 3 is 2.69 bits per heavy atom. The molecular weight excluding hydrogens is 366 g/mol. The number of nitrogens with zero attached hydrogens (tertiary/aromatic N) is 3. The second-order valence-corrected chi connectivity index (χ2v) is 6.70. The molecule has 0 aliphatic heterocycles. The number of aryl methyl sites for hydroxylation is 1. The molecule has 144 valence electrons. The first-order valence-corrected chi connectivity index (χ1v) is 9.13. The zero-order valence-corrected chi connectivity index (χ0v) is 15.8. The Hall–Kier alpha value is -4.00. The van der Waals surface area contributed by atoms with Gasteiger partial charge in [-0.05, 0) is 30.2 Å². The highest BCUT2D eigenvalue weighted by Crippen LogP contribution is 2.24. The van der Waals surface area contributed by atoms with Gasteiger partial charge in [0.05, 0.1) is 24.0 Å². The standard InChI is InChI=1S/C22H19N5O2/c1-15-7-8-17(19-9-10-21(28)26-25-19)11-20(15)24-22(29)18-12-23-27(14-18)13-16-5-3-2-4-6-16/h2-12,14H,13H2,1H3,(H,24,29)(H,26,28). The predicted octanol–water partition coefficient (Wildman–Crippen LogP) is 3.24. The number of aromatic amines is 1. The number of carbonyl (C=O) groups excluding carboxylic acids is 1. The maximum absolute atomic E-state index is 12.7. The van der Waals surface area contributed by atoms with Gasteiger partial charge in [0.2, 0.25) is 0 Å². The lowest BCUT2D eigenvalue weighted by Crippen LogP contribution is -2.12. The van der Waals surface area contributed by atoms with E-state index in [1.807, 2.05) is 55.5 Å². The highest BCUT2D eigenvalue weighted by molar-refractivity contribution is 6.04. The van der Waals surface area contributed by atoms with Crippen LogP contribution >= 0.6 is 0 Å². The third-order valence-electron chi connectivity index (χ3n) is 4.54. The molecule has 1 amide bonds. The van der Waals surface area contributed by atoms with E-state index < -0.39 is 0 Å². The molecule has 0 unspecified atom stereocenters. The Morgan fingerprint density at radius 1 is 1.10 bits per heavy atom. The molecule has 4 rings (SSSR count). The minimum Gasteiger partial charge on any atom is -0.322 e. The monoisotopic (exact) mass is 385 g/mol. The molecule has 7 heteroatoms. The number of H-pyrrole nitrogens is 1. The average Bonchev–Trinajstić information content (AvgIpc) is 3.20. The van der Waals surface area contributed by atoms with Crippen molar-refractivity contribution in [1.82, 2.24) is 20.0 Å². The summed E-state index contributed by atoms with van der Waals surface area (Å²) in [7, 11) is 0. The molecule has 0 aliphatic rings. The second kappa shape index (κ2) is 7.93. The van der Waals surface area contributed by atoms with E-state index in [-0.39, 0.29) is 11.5 Å². The number of rotatable bonds is 5. The van der Waals surface area contributed by atoms with Crippen molar-refractivity contribution < 1.29 is 4.79 Å². The van der Waals surface area contributed by atoms with Crippen LogP contribution in [0.5, 0.6) is 0 Å². The minimum absolute atomic E-state index is 0.237. The van der Waals surface area contributed by atoms with Gasteiger partial charge < -0.3 is 5.32 Å². The van der Waals surface area contributed by atoms with Crippen molar-refractivity contribution in [2.24, 2.45) is 0 Å². The number of nitrogens with one attached hydrogen (secondary N) is 2. The van der Waals surface area contributed by atoms with E-state index in [1.165, 1.54) is 6.07 Å². The Balaban J connectivity index is 1.52. The molecular formula is C22H19N5O2. The van der Waals surface area contributed by atoms with Gasteiger partial charge in [-0.15, -0.1) is 0 Å². The van der Waals surface area contributed by atoms with Crippen molar-refractivity contribution in [2.45, 2.75) is 13.5 Å². The molecule has 0 radical (unpaired) electrons. The van der Waals surface area contributed by atoms with Crippen LogP contribution < -0.4 is 10.9 Å². The summed E-state index contributed by atoms with van der Waals surface area (Å²) in [5, 5.41) is 13.7. The zero-order chi connectivity index (χ0) is 20.2. The molecule has 0 saturated carbocycles. The van der Waals surface area contributed by atoms with Gasteiger partial charge in [0.25, 0.3) is 11.5 Å². The number of carbonyl (C=O) groups is 1. The molecule has 0 spiro atoms. The van der Waals surface area contributed by atoms with Gasteiger partial charge in [-0.1, -0.05) is 42.5 Å². The van der Waals surface area contributed by atoms with Crippen LogP contribution in [-0.2, 0) is 6.54 Å². The average molecular weight is 385 g/mol. The molecule has 29 heavy (non-hydrogen) atoms. The smallest absolute Gasteiger partial charge is 0.264 e. The summed E-state index contributed by atoms with van der Waals surface area (Å²) in [5.41, 5.74) is 4.34. The molecule has 0 bridgehead atoms. The highest BCUT2D eigenvalue weighted by atomic mass is 16.1. The van der Waals surface area contributed by atoms with Gasteiger partial charge in [0.1, 0.15) is 0 Å². The highest BCUT2D eigenvalue weighted by Gasteiger charge is 2.12. The molecule has 0 fully saturated rings. The minimum atomic E-state index is -0.262. The lowest BCUT2D eigenvalue weighted by atomic mass is 10.1. The van der Waals surface area contributed by atoms with E-state index in [9.17, 15) is 9.59 Å². The van der Waals surface area contributed by atoms with Crippen LogP contribution in [0, 0.1) is 6.92 Å². The Kier molecular flexibility index (Phi) is 5.03. The van der Waals surface area contributed by atoms with Gasteiger partial charge in [-0.2, -0.15) is 10.2 Å². The van der Waals surface area contributed by atoms with Crippen LogP contribution in [0.4, 0.5) is 5.69 Å². The van der Waals surface area contributed by atoms with Crippen LogP contribution in [0.3, 0.4) is 0 Å². The summed E-state index contributed by atoms with van der Waals surface area (Å²) in [6.07, 6.45) is 3.28. The third-order valence-corrected chi connectivity index (χ3v) is 4.54. The maximum Gasteiger partial charge on any atom is 0.264 e. The van der Waals surface area contributed by atoms with E-state index in [4.69, 9.17) is 0 Å². The number of hydrogen-bond donors (Lipinski definition) is 2. The summed E-state index contributed by atoms with van der Waals surface area (Å²) >= 11 is 0. The number of benzene rings is 2. The van der Waals surface area contributed by atoms with Crippen molar-refractivity contribution in [2.75, 3.05) is 5.32 Å². The lowest BCUT2D eigenvalue weighted by Gasteiger charge is -2.10. The van der Waals surface area contributed by atoms with Gasteiger partial charge in [-0.3, -0.25) is 14.3 Å². The Labute approximate surface area is 167 Å². The topological polar surface area (TPSA) is 92.7 Å². The van der Waals surface area contributed by atoms with Gasteiger partial charge in [0, 0.05) is 23.5 Å². The fraction of sp³-hybridized carbons (Fsp3) is 0.0909. The summed E-state index contributed by atoms with van der Waals surface area (Å²) in [6.45, 7) is 2.51. The predicted molar refractivity (Wildman–Crippen MR) is 111 cm³/mol. The second-order valence-electron chi connectivity index (χ2n) is 6.70. The van der Waals surface area contributed by atoms with E-state index in [0.717, 1.165) is 16.7 Å². The number of anilines is 1. The third kappa shape index (κ3) is 4.30. The van der Waals surface area contributed by atoms with Crippen molar-refractivity contribution in [3.8, 4) is 11.3 Å². The zero-order valence-electron chi connectivity index (χ0n) is 15.8. The summed E-state index contributed by atoms with van der Waals surface area (Å²) in [4.78, 5) is 23.9. The van der Waals surface area contributed by atoms with E-state index in [1.54, 1.807) is 23.1 Å². The van der Waals surface area contributed by atoms with Crippen molar-refractivity contribution >= 4 is 11.6 Å². The van der Waals surface area contributed by atoms with Gasteiger partial charge in [0.15, 0.2) is 0 Å². The van der Waals surface area contributed by atoms with E-state index >= 15 is 0 Å². The summed E-state index contributed by atoms with van der Waals surface area (Å²) in [6, 6.07) is 18.6. The number of hydrogen-bond acceptors (Lipinski definition) is 4. The quantitative estimate of drug-likeness (QED) is 0.552. The fourth-order valence-corrected chi connectivity index (χ4v) is 2.95. The normalized spacial score (nSPS) is 10.7. The summed E-state index contributed by atoms with van der Waals surface area (Å²) in [5.74, 6) is -0.237. The number of amides is 1. The Bertz CT molecular complexity index is 1190. The van der Waals surface area contributed by atoms with Crippen molar-refractivity contribution in [1.29, 1.82) is 0 Å². The SMILES string of the molecule is Cc1ccc(-c2ccc(=O)[nH]n2)cc1NC(=O)c1cnn(Cc2ccccc2)c1. The molecule has 0 saturated heterocycles. The van der Waals surface area contributed by atoms with Gasteiger partial charge >= 0.3 is 0 Å². The Morgan fingerprint density at radius 2 is 1.93 bits per heavy atom.